The fourth-order valence-corrected chi connectivity index (χ4v) is 4.70. The van der Waals surface area contributed by atoms with Crippen LogP contribution in [0.15, 0.2) is 79.3 Å². The van der Waals surface area contributed by atoms with E-state index < -0.39 is 0 Å². The molecule has 0 unspecified atom stereocenters. The lowest BCUT2D eigenvalue weighted by Crippen LogP contribution is -2.30. The van der Waals surface area contributed by atoms with Gasteiger partial charge in [0, 0.05) is 30.4 Å². The van der Waals surface area contributed by atoms with Crippen molar-refractivity contribution in [3.8, 4) is 17.3 Å². The van der Waals surface area contributed by atoms with Crippen LogP contribution in [-0.4, -0.2) is 33.9 Å². The molecule has 0 spiro atoms. The van der Waals surface area contributed by atoms with Crippen LogP contribution in [0, 0.1) is 0 Å². The second kappa shape index (κ2) is 9.32. The van der Waals surface area contributed by atoms with Crippen LogP contribution in [0.3, 0.4) is 0 Å². The summed E-state index contributed by atoms with van der Waals surface area (Å²) in [5.41, 5.74) is 2.68. The van der Waals surface area contributed by atoms with Crippen molar-refractivity contribution < 1.29 is 9.47 Å². The van der Waals surface area contributed by atoms with Crippen molar-refractivity contribution in [1.82, 2.24) is 19.9 Å². The number of nitrogens with one attached hydrogen (secondary N) is 1. The van der Waals surface area contributed by atoms with Crippen molar-refractivity contribution in [1.29, 1.82) is 0 Å². The van der Waals surface area contributed by atoms with Crippen LogP contribution >= 0.6 is 23.8 Å². The molecule has 1 N–H and O–H groups in total. The summed E-state index contributed by atoms with van der Waals surface area (Å²) in [5.74, 6) is 2.10. The molecule has 1 fully saturated rings. The molecule has 1 saturated heterocycles. The highest BCUT2D eigenvalue weighted by Gasteiger charge is 2.43. The number of thiocarbonyl (C=S) groups is 1. The summed E-state index contributed by atoms with van der Waals surface area (Å²) >= 11 is 11.9. The van der Waals surface area contributed by atoms with Crippen LogP contribution in [0.5, 0.6) is 11.5 Å². The van der Waals surface area contributed by atoms with E-state index >= 15 is 0 Å². The third-order valence-electron chi connectivity index (χ3n) is 5.79. The molecule has 0 saturated carbocycles. The Hall–Kier alpha value is -3.62. The Morgan fingerprint density at radius 3 is 2.59 bits per heavy atom. The van der Waals surface area contributed by atoms with E-state index in [9.17, 15) is 0 Å². The molecule has 2 atom stereocenters. The minimum Gasteiger partial charge on any atom is -0.497 e. The predicted octanol–water partition coefficient (Wildman–Crippen LogP) is 5.12. The Kier molecular flexibility index (Phi) is 6.08. The highest BCUT2D eigenvalue weighted by Crippen LogP contribution is 2.45. The van der Waals surface area contributed by atoms with Crippen LogP contribution in [0.4, 0.5) is 5.69 Å². The largest absolute Gasteiger partial charge is 0.497 e. The van der Waals surface area contributed by atoms with E-state index in [0.717, 1.165) is 22.9 Å². The van der Waals surface area contributed by atoms with Gasteiger partial charge in [-0.05, 0) is 60.7 Å². The normalized spacial score (nSPS) is 17.5. The van der Waals surface area contributed by atoms with Gasteiger partial charge in [0.2, 0.25) is 0 Å². The molecule has 4 aromatic rings. The average molecular weight is 492 g/mol. The molecule has 0 aliphatic carbocycles. The summed E-state index contributed by atoms with van der Waals surface area (Å²) < 4.78 is 13.2. The maximum absolute atomic E-state index is 6.08. The summed E-state index contributed by atoms with van der Waals surface area (Å²) in [6.07, 6.45) is 5.40. The molecule has 0 bridgehead atoms. The molecule has 0 amide bonds. The molecule has 0 radical (unpaired) electrons. The predicted molar refractivity (Wildman–Crippen MR) is 136 cm³/mol. The highest BCUT2D eigenvalue weighted by molar-refractivity contribution is 7.80. The number of aromatic nitrogens is 3. The second-order valence-corrected chi connectivity index (χ2v) is 8.50. The highest BCUT2D eigenvalue weighted by atomic mass is 35.5. The number of anilines is 1. The summed E-state index contributed by atoms with van der Waals surface area (Å²) in [7, 11) is 3.26. The minimum absolute atomic E-state index is 0.207. The van der Waals surface area contributed by atoms with E-state index in [0.29, 0.717) is 21.6 Å². The van der Waals surface area contributed by atoms with Crippen LogP contribution in [0.1, 0.15) is 23.5 Å². The van der Waals surface area contributed by atoms with Crippen LogP contribution in [0.2, 0.25) is 5.02 Å². The molecule has 4 heterocycles. The zero-order chi connectivity index (χ0) is 23.7. The first kappa shape index (κ1) is 22.2. The van der Waals surface area contributed by atoms with E-state index in [1.165, 1.54) is 0 Å². The molecule has 7 nitrogen and oxygen atoms in total. The number of methoxy groups -OCH3 is 2. The SMILES string of the molecule is COc1ccc(N2C(=S)N[C@H](c3ccccn3)[C@H]2c2cccn2-c2ccc(Cl)cn2)c(OC)c1. The molecule has 172 valence electrons. The smallest absolute Gasteiger partial charge is 0.174 e. The minimum atomic E-state index is -0.239. The number of hydrogen-bond donors (Lipinski definition) is 1. The average Bonchev–Trinajstić information content (AvgIpc) is 3.49. The van der Waals surface area contributed by atoms with Gasteiger partial charge in [0.05, 0.1) is 36.7 Å². The fraction of sp³-hybridized carbons (Fsp3) is 0.160. The molecule has 1 aliphatic heterocycles. The molecular weight excluding hydrogens is 470 g/mol. The standard InChI is InChI=1S/C25H22ClN5O2S/c1-32-17-9-10-19(21(14-17)33-2)31-24(23(29-25(31)34)18-6-3-4-12-27-18)20-7-5-13-30(20)22-11-8-16(26)15-28-22/h3-15,23-24H,1-2H3,(H,29,34)/t23-,24-/m1/s1. The fourth-order valence-electron chi connectivity index (χ4n) is 4.25. The maximum Gasteiger partial charge on any atom is 0.174 e. The van der Waals surface area contributed by atoms with E-state index in [4.69, 9.17) is 33.3 Å². The van der Waals surface area contributed by atoms with Crippen molar-refractivity contribution in [2.24, 2.45) is 0 Å². The number of nitrogens with zero attached hydrogens (tertiary/aromatic N) is 4. The first-order chi connectivity index (χ1) is 16.6. The third kappa shape index (κ3) is 3.95. The molecule has 9 heteroatoms. The quantitative estimate of drug-likeness (QED) is 0.376. The second-order valence-electron chi connectivity index (χ2n) is 7.67. The summed E-state index contributed by atoms with van der Waals surface area (Å²) in [6.45, 7) is 0. The van der Waals surface area contributed by atoms with Crippen molar-refractivity contribution in [3.63, 3.8) is 0 Å². The van der Waals surface area contributed by atoms with Crippen LogP contribution in [0.25, 0.3) is 5.82 Å². The number of benzene rings is 1. The molecule has 34 heavy (non-hydrogen) atoms. The number of halogens is 1. The van der Waals surface area contributed by atoms with E-state index in [1.54, 1.807) is 26.6 Å². The molecule has 5 rings (SSSR count). The van der Waals surface area contributed by atoms with Gasteiger partial charge in [-0.15, -0.1) is 0 Å². The van der Waals surface area contributed by atoms with Gasteiger partial charge in [-0.3, -0.25) is 4.98 Å². The molecule has 3 aromatic heterocycles. The number of hydrogen-bond acceptors (Lipinski definition) is 5. The number of ether oxygens (including phenoxy) is 2. The zero-order valence-electron chi connectivity index (χ0n) is 18.6. The van der Waals surface area contributed by atoms with Crippen molar-refractivity contribution in [3.05, 3.63) is 95.7 Å². The molecule has 1 aromatic carbocycles. The van der Waals surface area contributed by atoms with Gasteiger partial charge >= 0.3 is 0 Å². The Bertz CT molecular complexity index is 1310. The van der Waals surface area contributed by atoms with Crippen molar-refractivity contribution in [2.75, 3.05) is 19.1 Å². The summed E-state index contributed by atoms with van der Waals surface area (Å²) in [5, 5.41) is 4.63. The first-order valence-corrected chi connectivity index (χ1v) is 11.4. The van der Waals surface area contributed by atoms with Gasteiger partial charge < -0.3 is 24.3 Å². The monoisotopic (exact) mass is 491 g/mol. The van der Waals surface area contributed by atoms with E-state index in [2.05, 4.69) is 26.3 Å². The topological polar surface area (TPSA) is 64.4 Å². The third-order valence-corrected chi connectivity index (χ3v) is 6.32. The van der Waals surface area contributed by atoms with Gasteiger partial charge in [0.15, 0.2) is 5.11 Å². The van der Waals surface area contributed by atoms with Gasteiger partial charge in [-0.2, -0.15) is 0 Å². The Morgan fingerprint density at radius 1 is 1.00 bits per heavy atom. The maximum atomic E-state index is 6.08. The van der Waals surface area contributed by atoms with E-state index in [1.807, 2.05) is 65.4 Å². The van der Waals surface area contributed by atoms with Gasteiger partial charge in [0.1, 0.15) is 23.4 Å². The molecule has 1 aliphatic rings. The summed E-state index contributed by atoms with van der Waals surface area (Å²) in [4.78, 5) is 11.2. The summed E-state index contributed by atoms with van der Waals surface area (Å²) in [6, 6.07) is 18.9. The van der Waals surface area contributed by atoms with Crippen molar-refractivity contribution >= 4 is 34.6 Å². The Labute approximate surface area is 207 Å². The molecular formula is C25H22ClN5O2S. The first-order valence-electron chi connectivity index (χ1n) is 10.6. The lowest BCUT2D eigenvalue weighted by atomic mass is 10.0. The lowest BCUT2D eigenvalue weighted by molar-refractivity contribution is 0.394. The van der Waals surface area contributed by atoms with Crippen LogP contribution in [-0.2, 0) is 0 Å². The number of rotatable bonds is 6. The lowest BCUT2D eigenvalue weighted by Gasteiger charge is -2.30. The van der Waals surface area contributed by atoms with Crippen LogP contribution < -0.4 is 19.7 Å². The Morgan fingerprint density at radius 2 is 1.88 bits per heavy atom. The van der Waals surface area contributed by atoms with Gasteiger partial charge in [-0.25, -0.2) is 4.98 Å². The van der Waals surface area contributed by atoms with Gasteiger partial charge in [-0.1, -0.05) is 17.7 Å². The zero-order valence-corrected chi connectivity index (χ0v) is 20.1. The van der Waals surface area contributed by atoms with E-state index in [-0.39, 0.29) is 12.1 Å². The van der Waals surface area contributed by atoms with Gasteiger partial charge in [0.25, 0.3) is 0 Å². The Balaban J connectivity index is 1.68. The van der Waals surface area contributed by atoms with Crippen molar-refractivity contribution in [2.45, 2.75) is 12.1 Å². The number of pyridine rings is 2.